The molecule has 0 amide bonds. The van der Waals surface area contributed by atoms with Crippen molar-refractivity contribution >= 4 is 11.3 Å². The first-order valence-electron chi connectivity index (χ1n) is 6.86. The first-order chi connectivity index (χ1) is 8.88. The largest absolute Gasteiger partial charge is 0.380 e. The van der Waals surface area contributed by atoms with E-state index in [4.69, 9.17) is 4.74 Å². The predicted molar refractivity (Wildman–Crippen MR) is 77.4 cm³/mol. The number of hydrogen-bond donors (Lipinski definition) is 1. The van der Waals surface area contributed by atoms with Gasteiger partial charge in [-0.2, -0.15) is 0 Å². The number of thiophene rings is 1. The van der Waals surface area contributed by atoms with Crippen LogP contribution in [0.5, 0.6) is 0 Å². The molecule has 2 heterocycles. The van der Waals surface area contributed by atoms with Crippen LogP contribution in [0.1, 0.15) is 17.7 Å². The molecule has 1 aliphatic heterocycles. The second kappa shape index (κ2) is 7.89. The van der Waals surface area contributed by atoms with Crippen LogP contribution in [-0.4, -0.2) is 50.8 Å². The Hall–Kier alpha value is -0.420. The highest BCUT2D eigenvalue weighted by molar-refractivity contribution is 7.09. The summed E-state index contributed by atoms with van der Waals surface area (Å²) in [5.74, 6) is 0. The van der Waals surface area contributed by atoms with Crippen LogP contribution in [0, 0.1) is 0 Å². The standard InChI is InChI=1S/C14H24N2OS/c1-17-13-4-2-9-16(12-13)10-8-15-7-6-14-5-3-11-18-14/h3,5,11,13,15H,2,4,6-10,12H2,1H3. The molecule has 0 radical (unpaired) electrons. The number of methoxy groups -OCH3 is 1. The van der Waals surface area contributed by atoms with Gasteiger partial charge in [-0.3, -0.25) is 4.90 Å². The Labute approximate surface area is 114 Å². The van der Waals surface area contributed by atoms with E-state index in [0.717, 1.165) is 32.6 Å². The molecule has 0 saturated carbocycles. The molecular weight excluding hydrogens is 244 g/mol. The van der Waals surface area contributed by atoms with Crippen molar-refractivity contribution in [3.05, 3.63) is 22.4 Å². The van der Waals surface area contributed by atoms with Crippen LogP contribution in [0.3, 0.4) is 0 Å². The Morgan fingerprint density at radius 2 is 2.44 bits per heavy atom. The number of nitrogens with one attached hydrogen (secondary N) is 1. The predicted octanol–water partition coefficient (Wildman–Crippen LogP) is 1.99. The van der Waals surface area contributed by atoms with Crippen molar-refractivity contribution in [1.29, 1.82) is 0 Å². The van der Waals surface area contributed by atoms with E-state index in [1.54, 1.807) is 0 Å². The van der Waals surface area contributed by atoms with E-state index in [1.807, 2.05) is 18.4 Å². The second-order valence-electron chi connectivity index (χ2n) is 4.88. The molecule has 0 aliphatic carbocycles. The smallest absolute Gasteiger partial charge is 0.0698 e. The topological polar surface area (TPSA) is 24.5 Å². The van der Waals surface area contributed by atoms with Crippen LogP contribution in [-0.2, 0) is 11.2 Å². The van der Waals surface area contributed by atoms with E-state index in [9.17, 15) is 0 Å². The number of likely N-dealkylation sites (tertiary alicyclic amines) is 1. The molecule has 18 heavy (non-hydrogen) atoms. The van der Waals surface area contributed by atoms with Crippen LogP contribution in [0.2, 0.25) is 0 Å². The zero-order valence-electron chi connectivity index (χ0n) is 11.2. The highest BCUT2D eigenvalue weighted by Gasteiger charge is 2.18. The summed E-state index contributed by atoms with van der Waals surface area (Å²) in [6.45, 7) is 5.64. The van der Waals surface area contributed by atoms with Gasteiger partial charge in [-0.1, -0.05) is 6.07 Å². The van der Waals surface area contributed by atoms with Crippen LogP contribution < -0.4 is 5.32 Å². The molecule has 0 bridgehead atoms. The summed E-state index contributed by atoms with van der Waals surface area (Å²) in [7, 11) is 1.83. The Morgan fingerprint density at radius 1 is 1.50 bits per heavy atom. The summed E-state index contributed by atoms with van der Waals surface area (Å²) in [5.41, 5.74) is 0. The fraction of sp³-hybridized carbons (Fsp3) is 0.714. The molecule has 1 aliphatic rings. The van der Waals surface area contributed by atoms with Gasteiger partial charge in [-0.05, 0) is 37.3 Å². The molecule has 2 rings (SSSR count). The number of nitrogens with zero attached hydrogens (tertiary/aromatic N) is 1. The third-order valence-corrected chi connectivity index (χ3v) is 4.46. The molecule has 4 heteroatoms. The number of ether oxygens (including phenoxy) is 1. The average Bonchev–Trinajstić information content (AvgIpc) is 2.92. The first-order valence-corrected chi connectivity index (χ1v) is 7.74. The van der Waals surface area contributed by atoms with Gasteiger partial charge in [-0.25, -0.2) is 0 Å². The van der Waals surface area contributed by atoms with Gasteiger partial charge in [0.05, 0.1) is 6.10 Å². The minimum Gasteiger partial charge on any atom is -0.380 e. The van der Waals surface area contributed by atoms with Crippen molar-refractivity contribution in [3.63, 3.8) is 0 Å². The third kappa shape index (κ3) is 4.69. The Morgan fingerprint density at radius 3 is 3.22 bits per heavy atom. The Balaban J connectivity index is 1.52. The Bertz CT molecular complexity index is 316. The van der Waals surface area contributed by atoms with Gasteiger partial charge < -0.3 is 10.1 Å². The molecule has 1 fully saturated rings. The molecule has 1 saturated heterocycles. The summed E-state index contributed by atoms with van der Waals surface area (Å²) in [4.78, 5) is 3.98. The van der Waals surface area contributed by atoms with Crippen molar-refractivity contribution in [2.45, 2.75) is 25.4 Å². The second-order valence-corrected chi connectivity index (χ2v) is 5.91. The van der Waals surface area contributed by atoms with Gasteiger partial charge in [-0.15, -0.1) is 11.3 Å². The lowest BCUT2D eigenvalue weighted by atomic mass is 10.1. The van der Waals surface area contributed by atoms with Crippen molar-refractivity contribution in [2.24, 2.45) is 0 Å². The lowest BCUT2D eigenvalue weighted by Gasteiger charge is -2.31. The van der Waals surface area contributed by atoms with E-state index >= 15 is 0 Å². The SMILES string of the molecule is COC1CCCN(CCNCCc2cccs2)C1. The van der Waals surface area contributed by atoms with Gasteiger partial charge in [0.15, 0.2) is 0 Å². The van der Waals surface area contributed by atoms with Gasteiger partial charge in [0.1, 0.15) is 0 Å². The molecule has 1 aromatic rings. The molecular formula is C14H24N2OS. The van der Waals surface area contributed by atoms with Crippen LogP contribution in [0.25, 0.3) is 0 Å². The molecule has 1 aromatic heterocycles. The summed E-state index contributed by atoms with van der Waals surface area (Å²) in [6.07, 6.45) is 4.09. The van der Waals surface area contributed by atoms with E-state index in [1.165, 1.54) is 24.3 Å². The molecule has 1 atom stereocenters. The third-order valence-electron chi connectivity index (χ3n) is 3.53. The molecule has 3 nitrogen and oxygen atoms in total. The summed E-state index contributed by atoms with van der Waals surface area (Å²) < 4.78 is 5.44. The van der Waals surface area contributed by atoms with E-state index in [-0.39, 0.29) is 0 Å². The maximum atomic E-state index is 5.44. The van der Waals surface area contributed by atoms with Crippen molar-refractivity contribution in [1.82, 2.24) is 10.2 Å². The van der Waals surface area contributed by atoms with Gasteiger partial charge in [0, 0.05) is 38.2 Å². The maximum Gasteiger partial charge on any atom is 0.0698 e. The highest BCUT2D eigenvalue weighted by Crippen LogP contribution is 2.11. The number of rotatable bonds is 7. The van der Waals surface area contributed by atoms with Gasteiger partial charge in [0.25, 0.3) is 0 Å². The lowest BCUT2D eigenvalue weighted by Crippen LogP contribution is -2.42. The molecule has 1 N–H and O–H groups in total. The molecule has 102 valence electrons. The monoisotopic (exact) mass is 268 g/mol. The minimum absolute atomic E-state index is 0.449. The van der Waals surface area contributed by atoms with Crippen molar-refractivity contribution in [3.8, 4) is 0 Å². The van der Waals surface area contributed by atoms with Gasteiger partial charge >= 0.3 is 0 Å². The first kappa shape index (κ1) is 14.0. The maximum absolute atomic E-state index is 5.44. The molecule has 1 unspecified atom stereocenters. The quantitative estimate of drug-likeness (QED) is 0.766. The highest BCUT2D eigenvalue weighted by atomic mass is 32.1. The van der Waals surface area contributed by atoms with Crippen molar-refractivity contribution in [2.75, 3.05) is 39.8 Å². The summed E-state index contributed by atoms with van der Waals surface area (Å²) in [5, 5.41) is 5.67. The fourth-order valence-electron chi connectivity index (χ4n) is 2.44. The average molecular weight is 268 g/mol. The van der Waals surface area contributed by atoms with Crippen molar-refractivity contribution < 1.29 is 4.74 Å². The summed E-state index contributed by atoms with van der Waals surface area (Å²) in [6, 6.07) is 4.33. The minimum atomic E-state index is 0.449. The molecule has 0 aromatic carbocycles. The fourth-order valence-corrected chi connectivity index (χ4v) is 3.15. The Kier molecular flexibility index (Phi) is 6.14. The van der Waals surface area contributed by atoms with Crippen LogP contribution in [0.15, 0.2) is 17.5 Å². The number of piperidine rings is 1. The number of hydrogen-bond acceptors (Lipinski definition) is 4. The lowest BCUT2D eigenvalue weighted by molar-refractivity contribution is 0.0319. The molecule has 0 spiro atoms. The van der Waals surface area contributed by atoms with E-state index < -0.39 is 0 Å². The van der Waals surface area contributed by atoms with Crippen LogP contribution >= 0.6 is 11.3 Å². The zero-order valence-corrected chi connectivity index (χ0v) is 12.0. The zero-order chi connectivity index (χ0) is 12.6. The van der Waals surface area contributed by atoms with Crippen LogP contribution in [0.4, 0.5) is 0 Å². The van der Waals surface area contributed by atoms with E-state index in [0.29, 0.717) is 6.10 Å². The summed E-state index contributed by atoms with van der Waals surface area (Å²) >= 11 is 1.85. The van der Waals surface area contributed by atoms with Gasteiger partial charge in [0.2, 0.25) is 0 Å². The van der Waals surface area contributed by atoms with E-state index in [2.05, 4.69) is 27.7 Å². The normalized spacial score (nSPS) is 21.3.